The van der Waals surface area contributed by atoms with Crippen molar-refractivity contribution in [3.8, 4) is 0 Å². The van der Waals surface area contributed by atoms with Crippen LogP contribution in [0.4, 0.5) is 10.9 Å². The van der Waals surface area contributed by atoms with Crippen LogP contribution in [0.25, 0.3) is 11.2 Å². The average molecular weight is 433 g/mol. The van der Waals surface area contributed by atoms with Crippen molar-refractivity contribution in [3.05, 3.63) is 22.2 Å². The van der Waals surface area contributed by atoms with E-state index in [0.29, 0.717) is 16.3 Å². The number of hydrogen-bond acceptors (Lipinski definition) is 8. The Bertz CT molecular complexity index is 1050. The highest BCUT2D eigenvalue weighted by Crippen LogP contribution is 2.35. The van der Waals surface area contributed by atoms with Crippen LogP contribution < -0.4 is 16.4 Å². The van der Waals surface area contributed by atoms with Crippen LogP contribution in [-0.4, -0.2) is 37.0 Å². The summed E-state index contributed by atoms with van der Waals surface area (Å²) < 4.78 is 2.01. The zero-order valence-electron chi connectivity index (χ0n) is 15.7. The second-order valence-corrected chi connectivity index (χ2v) is 8.93. The lowest BCUT2D eigenvalue weighted by atomic mass is 9.85. The van der Waals surface area contributed by atoms with E-state index in [0.717, 1.165) is 50.9 Å². The van der Waals surface area contributed by atoms with Crippen LogP contribution in [0.15, 0.2) is 6.33 Å². The second-order valence-electron chi connectivity index (χ2n) is 7.51. The molecule has 9 nitrogen and oxygen atoms in total. The summed E-state index contributed by atoms with van der Waals surface area (Å²) in [5.74, 6) is 0.337. The van der Waals surface area contributed by atoms with Gasteiger partial charge >= 0.3 is 0 Å². The standard InChI is InChI=1S/C18H21ClN8OS/c19-17-24-14(20)13-15(25-17)27(8-22-13)10-3-1-9(2-4-10)16(28)26-18-23-11-5-6-21-7-12(11)29-18/h8-10,21H,1-7H2,(H2,20,24,25)(H,23,26,28). The average Bonchev–Trinajstić information content (AvgIpc) is 3.31. The first-order valence-corrected chi connectivity index (χ1v) is 10.9. The summed E-state index contributed by atoms with van der Waals surface area (Å²) in [6, 6.07) is 0.215. The SMILES string of the molecule is Nc1nc(Cl)nc2c1ncn2C1CCC(C(=O)Nc2nc3c(s2)CNCC3)CC1. The summed E-state index contributed by atoms with van der Waals surface area (Å²) in [5, 5.41) is 7.20. The Morgan fingerprint density at radius 1 is 1.28 bits per heavy atom. The molecule has 4 N–H and O–H groups in total. The van der Waals surface area contributed by atoms with Gasteiger partial charge in [0.05, 0.1) is 12.0 Å². The third-order valence-electron chi connectivity index (χ3n) is 5.71. The van der Waals surface area contributed by atoms with E-state index in [-0.39, 0.29) is 29.0 Å². The first-order chi connectivity index (χ1) is 14.1. The molecule has 0 aromatic carbocycles. The van der Waals surface area contributed by atoms with Gasteiger partial charge in [-0.3, -0.25) is 4.79 Å². The number of carbonyl (C=O) groups is 1. The number of imidazole rings is 1. The molecule has 1 aliphatic heterocycles. The number of nitrogens with two attached hydrogens (primary N) is 1. The van der Waals surface area contributed by atoms with E-state index in [9.17, 15) is 4.79 Å². The number of aromatic nitrogens is 5. The van der Waals surface area contributed by atoms with Gasteiger partial charge in [0.15, 0.2) is 16.6 Å². The quantitative estimate of drug-likeness (QED) is 0.543. The number of halogens is 1. The van der Waals surface area contributed by atoms with E-state index in [1.165, 1.54) is 4.88 Å². The number of nitrogen functional groups attached to an aromatic ring is 1. The fourth-order valence-electron chi connectivity index (χ4n) is 4.18. The molecular weight excluding hydrogens is 412 g/mol. The molecule has 2 aliphatic rings. The number of nitrogens with one attached hydrogen (secondary N) is 2. The van der Waals surface area contributed by atoms with Crippen molar-refractivity contribution in [1.29, 1.82) is 0 Å². The monoisotopic (exact) mass is 432 g/mol. The maximum absolute atomic E-state index is 12.7. The smallest absolute Gasteiger partial charge is 0.229 e. The van der Waals surface area contributed by atoms with Crippen molar-refractivity contribution in [2.24, 2.45) is 5.92 Å². The summed E-state index contributed by atoms with van der Waals surface area (Å²) in [7, 11) is 0. The molecule has 0 atom stereocenters. The van der Waals surface area contributed by atoms with Crippen LogP contribution >= 0.6 is 22.9 Å². The maximum atomic E-state index is 12.7. The summed E-state index contributed by atoms with van der Waals surface area (Å²) in [4.78, 5) is 31.1. The molecule has 4 heterocycles. The Kier molecular flexibility index (Phi) is 4.84. The van der Waals surface area contributed by atoms with Gasteiger partial charge in [-0.05, 0) is 37.3 Å². The van der Waals surface area contributed by atoms with Gasteiger partial charge in [0.25, 0.3) is 0 Å². The van der Waals surface area contributed by atoms with Gasteiger partial charge in [-0.15, -0.1) is 11.3 Å². The third kappa shape index (κ3) is 3.56. The predicted molar refractivity (Wildman–Crippen MR) is 112 cm³/mol. The second kappa shape index (κ2) is 7.51. The van der Waals surface area contributed by atoms with E-state index in [1.54, 1.807) is 17.7 Å². The molecule has 1 fully saturated rings. The van der Waals surface area contributed by atoms with Gasteiger partial charge in [0.1, 0.15) is 5.52 Å². The first kappa shape index (κ1) is 18.7. The maximum Gasteiger partial charge on any atom is 0.229 e. The van der Waals surface area contributed by atoms with Crippen LogP contribution in [0.3, 0.4) is 0 Å². The van der Waals surface area contributed by atoms with Crippen molar-refractivity contribution in [3.63, 3.8) is 0 Å². The molecule has 3 aromatic rings. The number of thiazole rings is 1. The Hall–Kier alpha value is -2.30. The topological polar surface area (TPSA) is 124 Å². The molecule has 0 spiro atoms. The van der Waals surface area contributed by atoms with Gasteiger partial charge in [-0.25, -0.2) is 9.97 Å². The molecule has 3 aromatic heterocycles. The fourth-order valence-corrected chi connectivity index (χ4v) is 5.33. The summed E-state index contributed by atoms with van der Waals surface area (Å²) in [5.41, 5.74) is 8.23. The molecule has 152 valence electrons. The first-order valence-electron chi connectivity index (χ1n) is 9.74. The minimum atomic E-state index is -0.0108. The normalized spacial score (nSPS) is 21.8. The van der Waals surface area contributed by atoms with Gasteiger partial charge < -0.3 is 20.9 Å². The molecule has 29 heavy (non-hydrogen) atoms. The Morgan fingerprint density at radius 3 is 2.90 bits per heavy atom. The molecule has 0 saturated heterocycles. The third-order valence-corrected chi connectivity index (χ3v) is 6.90. The number of rotatable bonds is 3. The summed E-state index contributed by atoms with van der Waals surface area (Å²) in [6.45, 7) is 1.78. The van der Waals surface area contributed by atoms with Gasteiger partial charge in [-0.2, -0.15) is 9.97 Å². The van der Waals surface area contributed by atoms with Crippen molar-refractivity contribution >= 4 is 51.0 Å². The van der Waals surface area contributed by atoms with Crippen LogP contribution in [-0.2, 0) is 17.8 Å². The van der Waals surface area contributed by atoms with E-state index in [2.05, 4.69) is 30.6 Å². The number of anilines is 2. The highest BCUT2D eigenvalue weighted by atomic mass is 35.5. The van der Waals surface area contributed by atoms with Crippen LogP contribution in [0.5, 0.6) is 0 Å². The Labute approximate surface area is 176 Å². The lowest BCUT2D eigenvalue weighted by Crippen LogP contribution is -2.28. The van der Waals surface area contributed by atoms with Crippen LogP contribution in [0.2, 0.25) is 5.28 Å². The minimum Gasteiger partial charge on any atom is -0.382 e. The highest BCUT2D eigenvalue weighted by Gasteiger charge is 2.29. The molecule has 1 aliphatic carbocycles. The van der Waals surface area contributed by atoms with Gasteiger partial charge in [-0.1, -0.05) is 0 Å². The number of fused-ring (bicyclic) bond motifs is 2. The molecule has 1 saturated carbocycles. The number of amides is 1. The predicted octanol–water partition coefficient (Wildman–Crippen LogP) is 2.53. The van der Waals surface area contributed by atoms with Crippen molar-refractivity contribution in [2.75, 3.05) is 17.6 Å². The number of hydrogen-bond donors (Lipinski definition) is 3. The van der Waals surface area contributed by atoms with E-state index < -0.39 is 0 Å². The molecule has 0 unspecified atom stereocenters. The molecule has 0 bridgehead atoms. The summed E-state index contributed by atoms with van der Waals surface area (Å²) >= 11 is 7.54. The van der Waals surface area contributed by atoms with Crippen LogP contribution in [0, 0.1) is 5.92 Å². The zero-order valence-corrected chi connectivity index (χ0v) is 17.3. The van der Waals surface area contributed by atoms with Gasteiger partial charge in [0.2, 0.25) is 11.2 Å². The number of carbonyl (C=O) groups excluding carboxylic acids is 1. The minimum absolute atomic E-state index is 0.0108. The molecule has 1 amide bonds. The zero-order chi connectivity index (χ0) is 20.0. The lowest BCUT2D eigenvalue weighted by Gasteiger charge is -2.28. The molecular formula is C18H21ClN8OS. The molecule has 5 rings (SSSR count). The largest absolute Gasteiger partial charge is 0.382 e. The van der Waals surface area contributed by atoms with Crippen molar-refractivity contribution < 1.29 is 4.79 Å². The number of nitrogens with zero attached hydrogens (tertiary/aromatic N) is 5. The Morgan fingerprint density at radius 2 is 2.10 bits per heavy atom. The van der Waals surface area contributed by atoms with Crippen LogP contribution in [0.1, 0.15) is 42.3 Å². The molecule has 0 radical (unpaired) electrons. The van der Waals surface area contributed by atoms with Crippen molar-refractivity contribution in [2.45, 2.75) is 44.7 Å². The lowest BCUT2D eigenvalue weighted by molar-refractivity contribution is -0.120. The highest BCUT2D eigenvalue weighted by molar-refractivity contribution is 7.15. The van der Waals surface area contributed by atoms with E-state index >= 15 is 0 Å². The van der Waals surface area contributed by atoms with Gasteiger partial charge in [0, 0.05) is 36.3 Å². The van der Waals surface area contributed by atoms with E-state index in [4.69, 9.17) is 17.3 Å². The summed E-state index contributed by atoms with van der Waals surface area (Å²) in [6.07, 6.45) is 6.00. The van der Waals surface area contributed by atoms with Crippen molar-refractivity contribution in [1.82, 2.24) is 29.8 Å². The fraction of sp³-hybridized carbons (Fsp3) is 0.500. The molecule has 11 heteroatoms. The van der Waals surface area contributed by atoms with E-state index in [1.807, 2.05) is 4.57 Å². The Balaban J connectivity index is 1.25.